The second-order valence-electron chi connectivity index (χ2n) is 7.42. The molecule has 3 aromatic rings. The lowest BCUT2D eigenvalue weighted by molar-refractivity contribution is 0.142. The Morgan fingerprint density at radius 2 is 1.97 bits per heavy atom. The van der Waals surface area contributed by atoms with Crippen molar-refractivity contribution in [3.8, 4) is 11.4 Å². The molecule has 1 N–H and O–H groups in total. The van der Waals surface area contributed by atoms with Crippen molar-refractivity contribution >= 4 is 23.3 Å². The molecule has 0 bridgehead atoms. The van der Waals surface area contributed by atoms with E-state index in [4.69, 9.17) is 16.1 Å². The first kappa shape index (κ1) is 19.5. The number of urea groups is 1. The van der Waals surface area contributed by atoms with Crippen molar-refractivity contribution in [2.24, 2.45) is 0 Å². The second kappa shape index (κ2) is 8.25. The molecule has 1 aliphatic heterocycles. The number of likely N-dealkylation sites (tertiary alicyclic amines) is 1. The average Bonchev–Trinajstić information content (AvgIpc) is 3.20. The van der Waals surface area contributed by atoms with E-state index in [1.165, 1.54) is 0 Å². The van der Waals surface area contributed by atoms with Gasteiger partial charge < -0.3 is 14.7 Å². The lowest BCUT2D eigenvalue weighted by Crippen LogP contribution is -2.41. The molecule has 1 unspecified atom stereocenters. The van der Waals surface area contributed by atoms with E-state index in [9.17, 15) is 4.79 Å². The molecular formula is C22H23ClN4O2. The van der Waals surface area contributed by atoms with Crippen molar-refractivity contribution < 1.29 is 9.32 Å². The van der Waals surface area contributed by atoms with Crippen molar-refractivity contribution in [1.82, 2.24) is 15.0 Å². The molecule has 1 atom stereocenters. The molecule has 1 saturated heterocycles. The lowest BCUT2D eigenvalue weighted by Gasteiger charge is -2.33. The minimum absolute atomic E-state index is 0.145. The summed E-state index contributed by atoms with van der Waals surface area (Å²) in [7, 11) is 0. The van der Waals surface area contributed by atoms with Crippen molar-refractivity contribution in [1.29, 1.82) is 0 Å². The maximum Gasteiger partial charge on any atom is 0.322 e. The number of carbonyl (C=O) groups is 1. The number of aromatic nitrogens is 2. The highest BCUT2D eigenvalue weighted by Crippen LogP contribution is 2.32. The molecule has 2 amide bonds. The monoisotopic (exact) mass is 410 g/mol. The molecule has 2 heterocycles. The average molecular weight is 411 g/mol. The number of carbonyl (C=O) groups excluding carboxylic acids is 1. The number of rotatable bonds is 3. The molecule has 6 nitrogen and oxygen atoms in total. The van der Waals surface area contributed by atoms with Crippen LogP contribution in [0.15, 0.2) is 47.0 Å². The highest BCUT2D eigenvalue weighted by Gasteiger charge is 2.32. The summed E-state index contributed by atoms with van der Waals surface area (Å²) in [6.07, 6.45) is 2.76. The predicted molar refractivity (Wildman–Crippen MR) is 113 cm³/mol. The summed E-state index contributed by atoms with van der Waals surface area (Å²) in [6.45, 7) is 4.68. The molecule has 4 rings (SSSR count). The Morgan fingerprint density at radius 3 is 2.72 bits per heavy atom. The van der Waals surface area contributed by atoms with Crippen LogP contribution in [-0.4, -0.2) is 27.6 Å². The number of benzene rings is 2. The Hall–Kier alpha value is -2.86. The summed E-state index contributed by atoms with van der Waals surface area (Å²) < 4.78 is 5.54. The topological polar surface area (TPSA) is 71.3 Å². The van der Waals surface area contributed by atoms with Crippen molar-refractivity contribution in [3.05, 3.63) is 64.5 Å². The Morgan fingerprint density at radius 1 is 1.17 bits per heavy atom. The molecule has 0 spiro atoms. The SMILES string of the molecule is Cc1ccc(NC(=O)N2CCCCC2c2nc(-c3ccc(Cl)cc3)no2)c(C)c1. The third-order valence-corrected chi connectivity index (χ3v) is 5.47. The van der Waals surface area contributed by atoms with Crippen LogP contribution >= 0.6 is 11.6 Å². The van der Waals surface area contributed by atoms with Gasteiger partial charge in [0.05, 0.1) is 0 Å². The third-order valence-electron chi connectivity index (χ3n) is 5.22. The van der Waals surface area contributed by atoms with Crippen LogP contribution in [0.5, 0.6) is 0 Å². The van der Waals surface area contributed by atoms with Gasteiger partial charge in [-0.1, -0.05) is 34.5 Å². The zero-order valence-corrected chi connectivity index (χ0v) is 17.2. The van der Waals surface area contributed by atoms with E-state index in [2.05, 4.69) is 21.5 Å². The Kier molecular flexibility index (Phi) is 5.53. The summed E-state index contributed by atoms with van der Waals surface area (Å²) in [5.41, 5.74) is 3.84. The van der Waals surface area contributed by atoms with Crippen LogP contribution in [0.2, 0.25) is 5.02 Å². The number of piperidine rings is 1. The molecule has 1 fully saturated rings. The van der Waals surface area contributed by atoms with Crippen LogP contribution in [-0.2, 0) is 0 Å². The normalized spacial score (nSPS) is 16.7. The van der Waals surface area contributed by atoms with Crippen LogP contribution in [0.25, 0.3) is 11.4 Å². The van der Waals surface area contributed by atoms with Gasteiger partial charge in [0, 0.05) is 22.8 Å². The van der Waals surface area contributed by atoms with Gasteiger partial charge in [-0.25, -0.2) is 4.79 Å². The maximum atomic E-state index is 13.0. The molecule has 7 heteroatoms. The van der Waals surface area contributed by atoms with Gasteiger partial charge in [0.25, 0.3) is 0 Å². The molecule has 2 aromatic carbocycles. The van der Waals surface area contributed by atoms with E-state index in [1.807, 2.05) is 38.1 Å². The van der Waals surface area contributed by atoms with Gasteiger partial charge in [-0.3, -0.25) is 0 Å². The molecule has 150 valence electrons. The fourth-order valence-electron chi connectivity index (χ4n) is 3.66. The zero-order chi connectivity index (χ0) is 20.4. The van der Waals surface area contributed by atoms with Gasteiger partial charge in [-0.2, -0.15) is 4.98 Å². The molecule has 0 aliphatic carbocycles. The second-order valence-corrected chi connectivity index (χ2v) is 7.85. The number of aryl methyl sites for hydroxylation is 2. The quantitative estimate of drug-likeness (QED) is 0.595. The molecule has 0 saturated carbocycles. The van der Waals surface area contributed by atoms with Crippen LogP contribution < -0.4 is 5.32 Å². The van der Waals surface area contributed by atoms with Crippen molar-refractivity contribution in [2.75, 3.05) is 11.9 Å². The zero-order valence-electron chi connectivity index (χ0n) is 16.5. The van der Waals surface area contributed by atoms with E-state index in [1.54, 1.807) is 17.0 Å². The minimum Gasteiger partial charge on any atom is -0.337 e. The van der Waals surface area contributed by atoms with Gasteiger partial charge in [-0.15, -0.1) is 0 Å². The van der Waals surface area contributed by atoms with Gasteiger partial charge in [0.1, 0.15) is 6.04 Å². The number of amides is 2. The minimum atomic E-state index is -0.233. The maximum absolute atomic E-state index is 13.0. The van der Waals surface area contributed by atoms with E-state index in [-0.39, 0.29) is 12.1 Å². The first-order valence-corrected chi connectivity index (χ1v) is 10.1. The summed E-state index contributed by atoms with van der Waals surface area (Å²) in [4.78, 5) is 19.4. The summed E-state index contributed by atoms with van der Waals surface area (Å²) in [6, 6.07) is 12.9. The largest absolute Gasteiger partial charge is 0.337 e. The Labute approximate surface area is 174 Å². The number of anilines is 1. The van der Waals surface area contributed by atoms with Gasteiger partial charge in [-0.05, 0) is 69.0 Å². The summed E-state index contributed by atoms with van der Waals surface area (Å²) in [5, 5.41) is 7.79. The van der Waals surface area contributed by atoms with Crippen LogP contribution in [0.3, 0.4) is 0 Å². The Bertz CT molecular complexity index is 1020. The Balaban J connectivity index is 1.54. The standard InChI is InChI=1S/C22H23ClN4O2/c1-14-6-11-18(15(2)13-14)24-22(28)27-12-4-3-5-19(27)21-25-20(26-29-21)16-7-9-17(23)10-8-16/h6-11,13,19H,3-5,12H2,1-2H3,(H,24,28). The highest BCUT2D eigenvalue weighted by atomic mass is 35.5. The molecule has 1 aromatic heterocycles. The number of nitrogens with zero attached hydrogens (tertiary/aromatic N) is 3. The first-order chi connectivity index (χ1) is 14.0. The van der Waals surface area contributed by atoms with Crippen LogP contribution in [0.4, 0.5) is 10.5 Å². The first-order valence-electron chi connectivity index (χ1n) is 9.75. The molecular weight excluding hydrogens is 388 g/mol. The predicted octanol–water partition coefficient (Wildman–Crippen LogP) is 5.77. The fraction of sp³-hybridized carbons (Fsp3) is 0.318. The van der Waals surface area contributed by atoms with E-state index >= 15 is 0 Å². The number of hydrogen-bond donors (Lipinski definition) is 1. The van der Waals surface area contributed by atoms with Crippen molar-refractivity contribution in [3.63, 3.8) is 0 Å². The van der Waals surface area contributed by atoms with Gasteiger partial charge in [0.15, 0.2) is 0 Å². The van der Waals surface area contributed by atoms with Crippen molar-refractivity contribution in [2.45, 2.75) is 39.2 Å². The van der Waals surface area contributed by atoms with Crippen LogP contribution in [0.1, 0.15) is 42.3 Å². The number of nitrogens with one attached hydrogen (secondary N) is 1. The number of halogens is 1. The van der Waals surface area contributed by atoms with E-state index in [0.717, 1.165) is 41.6 Å². The van der Waals surface area contributed by atoms with Gasteiger partial charge >= 0.3 is 6.03 Å². The molecule has 1 aliphatic rings. The molecule has 0 radical (unpaired) electrons. The number of hydrogen-bond acceptors (Lipinski definition) is 4. The van der Waals surface area contributed by atoms with E-state index in [0.29, 0.717) is 23.3 Å². The smallest absolute Gasteiger partial charge is 0.322 e. The lowest BCUT2D eigenvalue weighted by atomic mass is 10.0. The van der Waals surface area contributed by atoms with Crippen LogP contribution in [0, 0.1) is 13.8 Å². The fourth-order valence-corrected chi connectivity index (χ4v) is 3.78. The van der Waals surface area contributed by atoms with Gasteiger partial charge in [0.2, 0.25) is 11.7 Å². The summed E-state index contributed by atoms with van der Waals surface area (Å²) in [5.74, 6) is 0.961. The summed E-state index contributed by atoms with van der Waals surface area (Å²) >= 11 is 5.95. The molecule has 29 heavy (non-hydrogen) atoms. The third kappa shape index (κ3) is 4.27. The van der Waals surface area contributed by atoms with E-state index < -0.39 is 0 Å². The highest BCUT2D eigenvalue weighted by molar-refractivity contribution is 6.30.